The van der Waals surface area contributed by atoms with Gasteiger partial charge in [0.15, 0.2) is 11.5 Å². The highest BCUT2D eigenvalue weighted by atomic mass is 19.1. The van der Waals surface area contributed by atoms with Gasteiger partial charge in [-0.15, -0.1) is 0 Å². The molecule has 3 nitrogen and oxygen atoms in total. The average Bonchev–Trinajstić information content (AvgIpc) is 3.35. The number of aromatic nitrogens is 1. The molecule has 5 heteroatoms. The van der Waals surface area contributed by atoms with Gasteiger partial charge in [0.2, 0.25) is 0 Å². The molecule has 0 spiro atoms. The monoisotopic (exact) mass is 526 g/mol. The van der Waals surface area contributed by atoms with Crippen LogP contribution in [0.25, 0.3) is 38.6 Å². The summed E-state index contributed by atoms with van der Waals surface area (Å²) in [6.45, 7) is 0.0298. The van der Waals surface area contributed by atoms with Gasteiger partial charge in [-0.2, -0.15) is 0 Å². The number of rotatable bonds is 1. The van der Waals surface area contributed by atoms with E-state index in [0.29, 0.717) is 0 Å². The smallest absolute Gasteiger partial charge is 0.252 e. The zero-order valence-electron chi connectivity index (χ0n) is 21.8. The van der Waals surface area contributed by atoms with E-state index in [0.717, 1.165) is 45.4 Å². The Labute approximate surface area is 235 Å². The first-order chi connectivity index (χ1) is 20.3. The standard InChI is InChI=1S/C36H20BFN2O/c38-23-9-5-8-21(18-23)22-19-30-34-31(20-22)40-29-15-3-4-16-32(29)41-33-17-7-13-27(36(33)40)37(34)26-12-6-11-25-24-10-1-2-14-28(24)39(30)35(25)26/h1-20H. The van der Waals surface area contributed by atoms with Crippen molar-refractivity contribution in [2.45, 2.75) is 0 Å². The molecule has 190 valence electrons. The normalized spacial score (nSPS) is 13.6. The largest absolute Gasteiger partial charge is 0.453 e. The summed E-state index contributed by atoms with van der Waals surface area (Å²) in [5.74, 6) is 1.43. The Morgan fingerprint density at radius 2 is 1.34 bits per heavy atom. The number of para-hydroxylation sites is 5. The van der Waals surface area contributed by atoms with E-state index in [1.165, 1.54) is 44.3 Å². The minimum absolute atomic E-state index is 0.0298. The maximum atomic E-state index is 14.6. The number of ether oxygens (including phenoxy) is 1. The summed E-state index contributed by atoms with van der Waals surface area (Å²) < 4.78 is 23.5. The summed E-state index contributed by atoms with van der Waals surface area (Å²) in [7, 11) is 0. The van der Waals surface area contributed by atoms with Gasteiger partial charge >= 0.3 is 0 Å². The first-order valence-electron chi connectivity index (χ1n) is 13.9. The van der Waals surface area contributed by atoms with Crippen LogP contribution < -0.4 is 26.0 Å². The van der Waals surface area contributed by atoms with Gasteiger partial charge in [-0.3, -0.25) is 0 Å². The highest BCUT2D eigenvalue weighted by Crippen LogP contribution is 2.52. The van der Waals surface area contributed by atoms with Crippen LogP contribution in [0.2, 0.25) is 0 Å². The SMILES string of the molecule is Fc1cccc(-c2cc3c4c(c2)-n2c5ccccc5c5cccc(c52)B4c2cccc4c2N3c2ccccc2O4)c1. The van der Waals surface area contributed by atoms with E-state index in [2.05, 4.69) is 94.4 Å². The first kappa shape index (κ1) is 21.5. The third kappa shape index (κ3) is 2.64. The molecule has 0 aliphatic carbocycles. The highest BCUT2D eigenvalue weighted by Gasteiger charge is 2.44. The van der Waals surface area contributed by atoms with Gasteiger partial charge in [-0.05, 0) is 76.0 Å². The van der Waals surface area contributed by atoms with Crippen LogP contribution in [0.4, 0.5) is 21.5 Å². The molecule has 0 radical (unpaired) electrons. The Kier molecular flexibility index (Phi) is 3.92. The number of halogens is 1. The van der Waals surface area contributed by atoms with E-state index < -0.39 is 0 Å². The molecule has 6 aromatic carbocycles. The Morgan fingerprint density at radius 1 is 0.585 bits per heavy atom. The lowest BCUT2D eigenvalue weighted by Crippen LogP contribution is -2.60. The topological polar surface area (TPSA) is 17.4 Å². The molecule has 0 fully saturated rings. The minimum Gasteiger partial charge on any atom is -0.453 e. The van der Waals surface area contributed by atoms with E-state index in [1.807, 2.05) is 18.2 Å². The number of fused-ring (bicyclic) bond motifs is 9. The number of nitrogens with zero attached hydrogens (tertiary/aromatic N) is 2. The van der Waals surface area contributed by atoms with Crippen molar-refractivity contribution < 1.29 is 9.13 Å². The van der Waals surface area contributed by atoms with Crippen molar-refractivity contribution in [3.8, 4) is 28.3 Å². The minimum atomic E-state index is -0.241. The van der Waals surface area contributed by atoms with Crippen LogP contribution in [0.5, 0.6) is 11.5 Å². The molecule has 0 unspecified atom stereocenters. The molecule has 0 bridgehead atoms. The molecule has 0 amide bonds. The van der Waals surface area contributed by atoms with E-state index in [1.54, 1.807) is 12.1 Å². The summed E-state index contributed by atoms with van der Waals surface area (Å²) in [5, 5.41) is 2.48. The number of benzene rings is 6. The van der Waals surface area contributed by atoms with Gasteiger partial charge in [-0.25, -0.2) is 4.39 Å². The molecule has 4 heterocycles. The van der Waals surface area contributed by atoms with E-state index in [-0.39, 0.29) is 12.5 Å². The summed E-state index contributed by atoms with van der Waals surface area (Å²) in [6, 6.07) is 41.4. The fraction of sp³-hybridized carbons (Fsp3) is 0. The molecule has 3 aliphatic heterocycles. The van der Waals surface area contributed by atoms with Crippen LogP contribution in [0.3, 0.4) is 0 Å². The zero-order valence-corrected chi connectivity index (χ0v) is 21.8. The molecular weight excluding hydrogens is 506 g/mol. The molecular formula is C36H20BFN2O. The Bertz CT molecular complexity index is 2290. The fourth-order valence-electron chi connectivity index (χ4n) is 7.44. The second kappa shape index (κ2) is 7.46. The molecule has 0 saturated heterocycles. The van der Waals surface area contributed by atoms with E-state index in [9.17, 15) is 4.39 Å². The first-order valence-corrected chi connectivity index (χ1v) is 13.9. The van der Waals surface area contributed by atoms with Crippen molar-refractivity contribution in [1.29, 1.82) is 0 Å². The maximum absolute atomic E-state index is 14.6. The lowest BCUT2D eigenvalue weighted by atomic mass is 9.33. The lowest BCUT2D eigenvalue weighted by molar-refractivity contribution is 0.477. The molecule has 1 aromatic heterocycles. The third-order valence-electron chi connectivity index (χ3n) is 8.99. The van der Waals surface area contributed by atoms with Gasteiger partial charge < -0.3 is 14.2 Å². The molecule has 0 saturated carbocycles. The van der Waals surface area contributed by atoms with Crippen molar-refractivity contribution in [2.24, 2.45) is 0 Å². The van der Waals surface area contributed by atoms with E-state index in [4.69, 9.17) is 4.74 Å². The lowest BCUT2D eigenvalue weighted by Gasteiger charge is -2.43. The zero-order chi connectivity index (χ0) is 26.8. The van der Waals surface area contributed by atoms with Gasteiger partial charge in [0.05, 0.1) is 16.9 Å². The van der Waals surface area contributed by atoms with Gasteiger partial charge in [-0.1, -0.05) is 72.8 Å². The molecule has 0 N–H and O–H groups in total. The van der Waals surface area contributed by atoms with Crippen molar-refractivity contribution >= 4 is 62.0 Å². The summed E-state index contributed by atoms with van der Waals surface area (Å²) in [5.41, 5.74) is 12.3. The summed E-state index contributed by atoms with van der Waals surface area (Å²) in [4.78, 5) is 2.36. The van der Waals surface area contributed by atoms with Crippen molar-refractivity contribution in [3.05, 3.63) is 127 Å². The molecule has 0 atom stereocenters. The Hall–Kier alpha value is -5.29. The van der Waals surface area contributed by atoms with Crippen LogP contribution in [-0.2, 0) is 0 Å². The molecule has 7 aromatic rings. The van der Waals surface area contributed by atoms with Crippen molar-refractivity contribution in [3.63, 3.8) is 0 Å². The highest BCUT2D eigenvalue weighted by molar-refractivity contribution is 7.00. The third-order valence-corrected chi connectivity index (χ3v) is 8.99. The second-order valence-corrected chi connectivity index (χ2v) is 11.1. The van der Waals surface area contributed by atoms with E-state index >= 15 is 0 Å². The number of hydrogen-bond donors (Lipinski definition) is 0. The number of anilines is 3. The summed E-state index contributed by atoms with van der Waals surface area (Å²) in [6.07, 6.45) is 0. The van der Waals surface area contributed by atoms with Crippen LogP contribution in [0.15, 0.2) is 121 Å². The van der Waals surface area contributed by atoms with Crippen LogP contribution in [0.1, 0.15) is 0 Å². The molecule has 41 heavy (non-hydrogen) atoms. The Balaban J connectivity index is 1.43. The summed E-state index contributed by atoms with van der Waals surface area (Å²) >= 11 is 0. The molecule has 10 rings (SSSR count). The van der Waals surface area contributed by atoms with Crippen LogP contribution in [0, 0.1) is 5.82 Å². The van der Waals surface area contributed by atoms with Crippen molar-refractivity contribution in [2.75, 3.05) is 4.90 Å². The number of hydrogen-bond acceptors (Lipinski definition) is 2. The van der Waals surface area contributed by atoms with Gasteiger partial charge in [0.25, 0.3) is 6.71 Å². The van der Waals surface area contributed by atoms with Gasteiger partial charge in [0.1, 0.15) is 5.82 Å². The predicted octanol–water partition coefficient (Wildman–Crippen LogP) is 7.31. The Morgan fingerprint density at radius 3 is 2.29 bits per heavy atom. The van der Waals surface area contributed by atoms with Crippen LogP contribution >= 0.6 is 0 Å². The van der Waals surface area contributed by atoms with Crippen LogP contribution in [-0.4, -0.2) is 11.3 Å². The van der Waals surface area contributed by atoms with Crippen molar-refractivity contribution in [1.82, 2.24) is 4.57 Å². The predicted molar refractivity (Wildman–Crippen MR) is 166 cm³/mol. The second-order valence-electron chi connectivity index (χ2n) is 11.1. The quantitative estimate of drug-likeness (QED) is 0.209. The fourth-order valence-corrected chi connectivity index (χ4v) is 7.44. The maximum Gasteiger partial charge on any atom is 0.252 e. The molecule has 3 aliphatic rings. The average molecular weight is 526 g/mol. The van der Waals surface area contributed by atoms with Gasteiger partial charge in [0, 0.05) is 27.7 Å².